The van der Waals surface area contributed by atoms with Gasteiger partial charge in [0, 0.05) is 55.4 Å². The van der Waals surface area contributed by atoms with Crippen molar-refractivity contribution < 1.29 is 119 Å². The van der Waals surface area contributed by atoms with E-state index in [0.717, 1.165) is 81.1 Å². The van der Waals surface area contributed by atoms with Gasteiger partial charge in [-0.2, -0.15) is 0 Å². The van der Waals surface area contributed by atoms with Gasteiger partial charge in [-0.1, -0.05) is 69.0 Å². The molecular formula is C55H70O25S. The molecule has 0 aromatic heterocycles. The Balaban J connectivity index is 1.74. The third-order valence-corrected chi connectivity index (χ3v) is 13.5. The normalized spacial score (nSPS) is 27.9. The molecule has 3 aliphatic heterocycles. The van der Waals surface area contributed by atoms with Gasteiger partial charge in [-0.05, 0) is 36.4 Å². The highest BCUT2D eigenvalue weighted by Crippen LogP contribution is 2.40. The van der Waals surface area contributed by atoms with Crippen molar-refractivity contribution in [1.82, 2.24) is 0 Å². The highest BCUT2D eigenvalue weighted by molar-refractivity contribution is 7.99. The van der Waals surface area contributed by atoms with Crippen LogP contribution in [-0.2, 0) is 109 Å². The lowest BCUT2D eigenvalue weighted by molar-refractivity contribution is -0.344. The summed E-state index contributed by atoms with van der Waals surface area (Å²) in [7, 11) is 0. The van der Waals surface area contributed by atoms with Crippen molar-refractivity contribution in [1.29, 1.82) is 0 Å². The SMILES string of the molecule is CCCCCCCS[C@@H]1O[C@H](CO[C@H]2O[C@H](COC(C)=O)[C@@H](OC(C)=O)[C@H](OC(C)=O)[C@@H]2OC(C)=O)[C@@H](OC(=O)c2ccccc2)[C@H](O[C@H]2O[C@H](COC(C)=O)[C@@H](OC(C)=O)[C@H](OC(C)=O)[C@@H]2OC(C)=O)[C@@H]1OC(=O)c1ccccc1. The summed E-state index contributed by atoms with van der Waals surface area (Å²) < 4.78 is 90.0. The zero-order chi connectivity index (χ0) is 59.3. The first-order valence-electron chi connectivity index (χ1n) is 26.2. The lowest BCUT2D eigenvalue weighted by Gasteiger charge is -2.49. The number of ether oxygens (including phenoxy) is 15. The van der Waals surface area contributed by atoms with Crippen LogP contribution in [0.25, 0.3) is 0 Å². The molecule has 0 N–H and O–H groups in total. The van der Waals surface area contributed by atoms with E-state index >= 15 is 0 Å². The zero-order valence-corrected chi connectivity index (χ0v) is 47.2. The van der Waals surface area contributed by atoms with Gasteiger partial charge in [0.05, 0.1) is 17.7 Å². The number of unbranched alkanes of at least 4 members (excludes halogenated alkanes) is 4. The monoisotopic (exact) mass is 1160 g/mol. The van der Waals surface area contributed by atoms with Crippen LogP contribution in [0, 0.1) is 0 Å². The van der Waals surface area contributed by atoms with E-state index in [1.54, 1.807) is 36.4 Å². The molecule has 2 aromatic rings. The Labute approximate surface area is 472 Å². The van der Waals surface area contributed by atoms with Gasteiger partial charge in [-0.3, -0.25) is 38.4 Å². The van der Waals surface area contributed by atoms with Gasteiger partial charge in [-0.15, -0.1) is 11.8 Å². The molecule has 2 aromatic carbocycles. The fourth-order valence-electron chi connectivity index (χ4n) is 8.97. The van der Waals surface area contributed by atoms with E-state index in [-0.39, 0.29) is 11.1 Å². The Morgan fingerprint density at radius 1 is 0.395 bits per heavy atom. The van der Waals surface area contributed by atoms with Crippen LogP contribution < -0.4 is 0 Å². The molecule has 26 heteroatoms. The molecule has 3 fully saturated rings. The molecule has 3 heterocycles. The fourth-order valence-corrected chi connectivity index (χ4v) is 10.2. The average molecular weight is 1160 g/mol. The Kier molecular flexibility index (Phi) is 25.8. The number of rotatable bonds is 26. The fraction of sp³-hybridized carbons (Fsp3) is 0.600. The number of carbonyl (C=O) groups excluding carboxylic acids is 10. The molecule has 0 radical (unpaired) electrons. The summed E-state index contributed by atoms with van der Waals surface area (Å²) in [5.74, 6) is -8.68. The summed E-state index contributed by atoms with van der Waals surface area (Å²) in [5, 5.41) is 0. The lowest BCUT2D eigenvalue weighted by Crippen LogP contribution is -2.67. The van der Waals surface area contributed by atoms with Crippen molar-refractivity contribution >= 4 is 71.5 Å². The van der Waals surface area contributed by atoms with E-state index in [1.807, 2.05) is 0 Å². The highest BCUT2D eigenvalue weighted by atomic mass is 32.2. The van der Waals surface area contributed by atoms with Crippen molar-refractivity contribution in [2.45, 2.75) is 186 Å². The Hall–Kier alpha value is -6.71. The van der Waals surface area contributed by atoms with Gasteiger partial charge in [0.2, 0.25) is 0 Å². The summed E-state index contributed by atoms with van der Waals surface area (Å²) in [6, 6.07) is 15.4. The summed E-state index contributed by atoms with van der Waals surface area (Å²) in [6.07, 6.45) is -19.5. The van der Waals surface area contributed by atoms with Crippen LogP contribution in [0.5, 0.6) is 0 Å². The number of thioether (sulfide) groups is 1. The van der Waals surface area contributed by atoms with Crippen molar-refractivity contribution in [3.63, 3.8) is 0 Å². The molecule has 446 valence electrons. The second-order valence-electron chi connectivity index (χ2n) is 18.9. The van der Waals surface area contributed by atoms with E-state index < -0.39 is 171 Å². The van der Waals surface area contributed by atoms with E-state index in [0.29, 0.717) is 12.2 Å². The Morgan fingerprint density at radius 2 is 0.778 bits per heavy atom. The standard InChI is InChI=1S/C55H70O25S/c1-10-11-12-13-20-25-81-55-50(79-52(65)38-23-18-15-19-24-38)47(80-54-49(74-36(9)63)46(72-34(7)61)43(70-32(5)59)40(76-54)27-67-30(3)57)44(78-51(64)37-21-16-14-17-22-37)41(77-55)28-68-53-48(73-35(8)62)45(71-33(6)60)42(69-31(4)58)39(75-53)26-66-29(2)56/h14-19,21-24,39-50,53-55H,10-13,20,25-28H2,1-9H3/t39-,40-,41-,42-,43-,44-,45+,46+,47+,48+,49+,50+,53+,54-,55+/m1/s1. The van der Waals surface area contributed by atoms with Crippen LogP contribution in [0.2, 0.25) is 0 Å². The van der Waals surface area contributed by atoms with Gasteiger partial charge in [0.1, 0.15) is 43.1 Å². The lowest BCUT2D eigenvalue weighted by atomic mass is 9.96. The first-order valence-corrected chi connectivity index (χ1v) is 27.3. The maximum Gasteiger partial charge on any atom is 0.338 e. The van der Waals surface area contributed by atoms with E-state index in [2.05, 4.69) is 6.92 Å². The molecule has 15 atom stereocenters. The molecule has 0 spiro atoms. The van der Waals surface area contributed by atoms with Gasteiger partial charge in [-0.25, -0.2) is 9.59 Å². The Bertz CT molecular complexity index is 2460. The second-order valence-corrected chi connectivity index (χ2v) is 20.1. The van der Waals surface area contributed by atoms with Crippen molar-refractivity contribution in [3.8, 4) is 0 Å². The largest absolute Gasteiger partial charge is 0.463 e. The van der Waals surface area contributed by atoms with E-state index in [9.17, 15) is 47.9 Å². The summed E-state index contributed by atoms with van der Waals surface area (Å²) in [5.41, 5.74) is -1.21. The van der Waals surface area contributed by atoms with Crippen LogP contribution in [0.3, 0.4) is 0 Å². The van der Waals surface area contributed by atoms with Crippen LogP contribution in [0.15, 0.2) is 60.7 Å². The number of carbonyl (C=O) groups is 10. The number of hydrogen-bond acceptors (Lipinski definition) is 26. The van der Waals surface area contributed by atoms with Gasteiger partial charge < -0.3 is 71.1 Å². The quantitative estimate of drug-likeness (QED) is 0.0714. The van der Waals surface area contributed by atoms with E-state index in [4.69, 9.17) is 71.1 Å². The van der Waals surface area contributed by atoms with Crippen LogP contribution in [0.4, 0.5) is 0 Å². The molecule has 0 aliphatic carbocycles. The topological polar surface area (TPSA) is 309 Å². The third kappa shape index (κ3) is 20.1. The molecule has 3 saturated heterocycles. The van der Waals surface area contributed by atoms with E-state index in [1.165, 1.54) is 36.0 Å². The maximum absolute atomic E-state index is 14.5. The molecule has 0 amide bonds. The summed E-state index contributed by atoms with van der Waals surface area (Å²) in [4.78, 5) is 130. The number of hydrogen-bond donors (Lipinski definition) is 0. The average Bonchev–Trinajstić information content (AvgIpc) is 3.49. The van der Waals surface area contributed by atoms with Crippen molar-refractivity contribution in [3.05, 3.63) is 71.8 Å². The van der Waals surface area contributed by atoms with Crippen molar-refractivity contribution in [2.24, 2.45) is 0 Å². The predicted octanol–water partition coefficient (Wildman–Crippen LogP) is 4.43. The molecule has 25 nitrogen and oxygen atoms in total. The summed E-state index contributed by atoms with van der Waals surface area (Å²) in [6.45, 7) is 8.48. The molecule has 3 aliphatic rings. The zero-order valence-electron chi connectivity index (χ0n) is 46.4. The Morgan fingerprint density at radius 3 is 1.22 bits per heavy atom. The summed E-state index contributed by atoms with van der Waals surface area (Å²) >= 11 is 1.18. The van der Waals surface area contributed by atoms with Gasteiger partial charge >= 0.3 is 59.7 Å². The highest BCUT2D eigenvalue weighted by Gasteiger charge is 2.59. The van der Waals surface area contributed by atoms with Crippen LogP contribution in [-0.4, -0.2) is 177 Å². The molecule has 5 rings (SSSR count). The number of benzene rings is 2. The van der Waals surface area contributed by atoms with Gasteiger partial charge in [0.25, 0.3) is 0 Å². The minimum Gasteiger partial charge on any atom is -0.463 e. The molecule has 0 bridgehead atoms. The minimum absolute atomic E-state index is 0.00390. The predicted molar refractivity (Wildman–Crippen MR) is 276 cm³/mol. The van der Waals surface area contributed by atoms with Crippen LogP contribution >= 0.6 is 11.8 Å². The first kappa shape index (κ1) is 65.1. The number of esters is 10. The second kappa shape index (κ2) is 32.1. The van der Waals surface area contributed by atoms with Gasteiger partial charge in [0.15, 0.2) is 61.4 Å². The molecule has 81 heavy (non-hydrogen) atoms. The maximum atomic E-state index is 14.5. The third-order valence-electron chi connectivity index (χ3n) is 12.2. The van der Waals surface area contributed by atoms with Crippen LogP contribution in [0.1, 0.15) is 115 Å². The molecular weight excluding hydrogens is 1090 g/mol. The first-order chi connectivity index (χ1) is 38.6. The molecule has 0 unspecified atom stereocenters. The van der Waals surface area contributed by atoms with Crippen molar-refractivity contribution in [2.75, 3.05) is 25.6 Å². The minimum atomic E-state index is -1.97. The molecule has 0 saturated carbocycles. The smallest absolute Gasteiger partial charge is 0.338 e.